The third-order valence-electron chi connectivity index (χ3n) is 4.29. The average molecular weight is 298 g/mol. The summed E-state index contributed by atoms with van der Waals surface area (Å²) in [4.78, 5) is 6.75. The van der Waals surface area contributed by atoms with Gasteiger partial charge in [0.15, 0.2) is 5.76 Å². The predicted molar refractivity (Wildman–Crippen MR) is 93.3 cm³/mol. The van der Waals surface area contributed by atoms with Gasteiger partial charge < -0.3 is 14.4 Å². The van der Waals surface area contributed by atoms with Crippen LogP contribution in [-0.2, 0) is 0 Å². The Bertz CT molecular complexity index is 1080. The molecule has 2 N–H and O–H groups in total. The second-order valence-electron chi connectivity index (χ2n) is 5.69. The molecule has 3 nitrogen and oxygen atoms in total. The standard InChI is InChI=1S/C20H14N2O/c1-2-8-16-13(5-1)11-18(22-16)20-19-14(12-23-20)6-3-7-15(19)17-9-4-10-21-17/h1-12,21-22H. The maximum Gasteiger partial charge on any atom is 0.158 e. The molecule has 5 rings (SSSR count). The van der Waals surface area contributed by atoms with Gasteiger partial charge in [-0.2, -0.15) is 0 Å². The van der Waals surface area contributed by atoms with Crippen LogP contribution < -0.4 is 0 Å². The first kappa shape index (κ1) is 12.4. The Morgan fingerprint density at radius 3 is 2.57 bits per heavy atom. The van der Waals surface area contributed by atoms with E-state index < -0.39 is 0 Å². The molecule has 0 saturated heterocycles. The van der Waals surface area contributed by atoms with Crippen LogP contribution in [0.25, 0.3) is 44.4 Å². The van der Waals surface area contributed by atoms with Crippen molar-refractivity contribution in [2.45, 2.75) is 0 Å². The fourth-order valence-electron chi connectivity index (χ4n) is 3.22. The van der Waals surface area contributed by atoms with Crippen LogP contribution in [0.15, 0.2) is 77.5 Å². The maximum absolute atomic E-state index is 5.92. The number of hydrogen-bond donors (Lipinski definition) is 2. The van der Waals surface area contributed by atoms with E-state index in [9.17, 15) is 0 Å². The molecule has 0 radical (unpaired) electrons. The number of furan rings is 1. The van der Waals surface area contributed by atoms with Crippen LogP contribution in [0.1, 0.15) is 0 Å². The van der Waals surface area contributed by atoms with Gasteiger partial charge in [-0.05, 0) is 24.3 Å². The first-order valence-electron chi connectivity index (χ1n) is 7.62. The minimum absolute atomic E-state index is 0.876. The van der Waals surface area contributed by atoms with Crippen LogP contribution >= 0.6 is 0 Å². The normalized spacial score (nSPS) is 11.5. The molecule has 110 valence electrons. The molecule has 5 aromatic rings. The number of hydrogen-bond acceptors (Lipinski definition) is 1. The fourth-order valence-corrected chi connectivity index (χ4v) is 3.22. The van der Waals surface area contributed by atoms with Gasteiger partial charge in [0.2, 0.25) is 0 Å². The summed E-state index contributed by atoms with van der Waals surface area (Å²) in [6.45, 7) is 0. The highest BCUT2D eigenvalue weighted by atomic mass is 16.3. The monoisotopic (exact) mass is 298 g/mol. The van der Waals surface area contributed by atoms with Crippen molar-refractivity contribution >= 4 is 21.7 Å². The molecule has 0 aliphatic heterocycles. The molecule has 0 bridgehead atoms. The molecule has 0 aliphatic rings. The zero-order chi connectivity index (χ0) is 15.2. The highest BCUT2D eigenvalue weighted by molar-refractivity contribution is 6.04. The summed E-state index contributed by atoms with van der Waals surface area (Å²) in [5.74, 6) is 0.876. The third-order valence-corrected chi connectivity index (χ3v) is 4.29. The summed E-state index contributed by atoms with van der Waals surface area (Å²) in [6.07, 6.45) is 3.76. The van der Waals surface area contributed by atoms with Gasteiger partial charge in [-0.25, -0.2) is 0 Å². The second-order valence-corrected chi connectivity index (χ2v) is 5.69. The number of benzene rings is 2. The lowest BCUT2D eigenvalue weighted by atomic mass is 10.0. The van der Waals surface area contributed by atoms with Gasteiger partial charge in [0, 0.05) is 39.1 Å². The Labute approximate surface area is 132 Å². The largest absolute Gasteiger partial charge is 0.461 e. The van der Waals surface area contributed by atoms with Crippen molar-refractivity contribution in [3.63, 3.8) is 0 Å². The van der Waals surface area contributed by atoms with E-state index in [4.69, 9.17) is 4.42 Å². The lowest BCUT2D eigenvalue weighted by molar-refractivity contribution is 0.585. The Morgan fingerprint density at radius 2 is 1.70 bits per heavy atom. The van der Waals surface area contributed by atoms with Gasteiger partial charge in [0.1, 0.15) is 0 Å². The first-order chi connectivity index (χ1) is 11.4. The van der Waals surface area contributed by atoms with Crippen LogP contribution in [0.4, 0.5) is 0 Å². The highest BCUT2D eigenvalue weighted by Gasteiger charge is 2.15. The third kappa shape index (κ3) is 1.83. The van der Waals surface area contributed by atoms with E-state index in [1.807, 2.05) is 30.7 Å². The molecule has 3 aromatic heterocycles. The van der Waals surface area contributed by atoms with E-state index in [0.717, 1.165) is 39.0 Å². The average Bonchev–Trinajstić information content (AvgIpc) is 3.32. The lowest BCUT2D eigenvalue weighted by Crippen LogP contribution is -1.81. The zero-order valence-electron chi connectivity index (χ0n) is 12.3. The Balaban J connectivity index is 1.82. The number of nitrogens with one attached hydrogen (secondary N) is 2. The zero-order valence-corrected chi connectivity index (χ0v) is 12.3. The molecule has 3 heteroatoms. The molecule has 0 fully saturated rings. The Hall–Kier alpha value is -3.20. The minimum atomic E-state index is 0.876. The van der Waals surface area contributed by atoms with Crippen molar-refractivity contribution in [1.82, 2.24) is 9.97 Å². The predicted octanol–water partition coefficient (Wildman–Crippen LogP) is 5.58. The van der Waals surface area contributed by atoms with Crippen LogP contribution in [-0.4, -0.2) is 9.97 Å². The molecule has 3 heterocycles. The van der Waals surface area contributed by atoms with Crippen molar-refractivity contribution in [3.05, 3.63) is 73.1 Å². The summed E-state index contributed by atoms with van der Waals surface area (Å²) in [6, 6.07) is 20.8. The summed E-state index contributed by atoms with van der Waals surface area (Å²) >= 11 is 0. The number of fused-ring (bicyclic) bond motifs is 2. The van der Waals surface area contributed by atoms with Crippen LogP contribution in [0.3, 0.4) is 0 Å². The number of aromatic nitrogens is 2. The van der Waals surface area contributed by atoms with Crippen LogP contribution in [0.2, 0.25) is 0 Å². The molecule has 0 unspecified atom stereocenters. The van der Waals surface area contributed by atoms with Gasteiger partial charge in [-0.15, -0.1) is 0 Å². The van der Waals surface area contributed by atoms with Crippen molar-refractivity contribution in [1.29, 1.82) is 0 Å². The smallest absolute Gasteiger partial charge is 0.158 e. The van der Waals surface area contributed by atoms with E-state index in [1.165, 1.54) is 5.39 Å². The van der Waals surface area contributed by atoms with Gasteiger partial charge in [0.05, 0.1) is 12.0 Å². The topological polar surface area (TPSA) is 44.7 Å². The van der Waals surface area contributed by atoms with Gasteiger partial charge in [0.25, 0.3) is 0 Å². The first-order valence-corrected chi connectivity index (χ1v) is 7.62. The summed E-state index contributed by atoms with van der Waals surface area (Å²) in [5, 5.41) is 3.41. The number of aromatic amines is 2. The molecule has 2 aromatic carbocycles. The molecule has 23 heavy (non-hydrogen) atoms. The number of para-hydroxylation sites is 1. The van der Waals surface area contributed by atoms with E-state index in [-0.39, 0.29) is 0 Å². The SMILES string of the molecule is c1c[nH]c(-c2cccc3coc(-c4cc5ccccc5[nH]4)c23)c1. The summed E-state index contributed by atoms with van der Waals surface area (Å²) in [5.41, 5.74) is 4.36. The summed E-state index contributed by atoms with van der Waals surface area (Å²) < 4.78 is 5.92. The van der Waals surface area contributed by atoms with Crippen LogP contribution in [0.5, 0.6) is 0 Å². The van der Waals surface area contributed by atoms with Crippen LogP contribution in [0, 0.1) is 0 Å². The number of H-pyrrole nitrogens is 2. The maximum atomic E-state index is 5.92. The van der Waals surface area contributed by atoms with E-state index in [0.29, 0.717) is 0 Å². The molecule has 0 spiro atoms. The van der Waals surface area contributed by atoms with Gasteiger partial charge in [-0.1, -0.05) is 36.4 Å². The second kappa shape index (κ2) is 4.65. The van der Waals surface area contributed by atoms with E-state index in [1.54, 1.807) is 0 Å². The van der Waals surface area contributed by atoms with E-state index in [2.05, 4.69) is 52.4 Å². The molecular formula is C20H14N2O. The quantitative estimate of drug-likeness (QED) is 0.439. The lowest BCUT2D eigenvalue weighted by Gasteiger charge is -2.02. The Kier molecular flexibility index (Phi) is 2.50. The van der Waals surface area contributed by atoms with Crippen molar-refractivity contribution in [2.75, 3.05) is 0 Å². The van der Waals surface area contributed by atoms with E-state index >= 15 is 0 Å². The highest BCUT2D eigenvalue weighted by Crippen LogP contribution is 2.37. The molecule has 0 amide bonds. The Morgan fingerprint density at radius 1 is 0.783 bits per heavy atom. The fraction of sp³-hybridized carbons (Fsp3) is 0. The number of rotatable bonds is 2. The molecule has 0 aliphatic carbocycles. The summed E-state index contributed by atoms with van der Waals surface area (Å²) in [7, 11) is 0. The van der Waals surface area contributed by atoms with Gasteiger partial charge in [-0.3, -0.25) is 0 Å². The molecule has 0 saturated carbocycles. The van der Waals surface area contributed by atoms with Gasteiger partial charge >= 0.3 is 0 Å². The molecule has 0 atom stereocenters. The minimum Gasteiger partial charge on any atom is -0.461 e. The van der Waals surface area contributed by atoms with Crippen molar-refractivity contribution in [2.24, 2.45) is 0 Å². The van der Waals surface area contributed by atoms with Crippen molar-refractivity contribution in [3.8, 4) is 22.7 Å². The van der Waals surface area contributed by atoms with Crippen molar-refractivity contribution < 1.29 is 4.42 Å². The molecular weight excluding hydrogens is 284 g/mol.